The summed E-state index contributed by atoms with van der Waals surface area (Å²) in [5.74, 6) is 0.519. The summed E-state index contributed by atoms with van der Waals surface area (Å²) in [6.45, 7) is 15.7. The SMILES string of the molecule is CC1=C([SiH2]C2=C(C)C(C)(C(C)C)C(Cl)=C2C)C(C)=C(Cl)C1.[Zr]. The summed E-state index contributed by atoms with van der Waals surface area (Å²) >= 11 is 13.1. The van der Waals surface area contributed by atoms with Crippen LogP contribution in [0.4, 0.5) is 0 Å². The van der Waals surface area contributed by atoms with Gasteiger partial charge in [0.1, 0.15) is 0 Å². The minimum atomic E-state index is -0.515. The summed E-state index contributed by atoms with van der Waals surface area (Å²) in [6, 6.07) is 0. The van der Waals surface area contributed by atoms with Crippen LogP contribution in [0.3, 0.4) is 0 Å². The third-order valence-electron chi connectivity index (χ3n) is 5.77. The topological polar surface area (TPSA) is 0 Å². The van der Waals surface area contributed by atoms with E-state index in [2.05, 4.69) is 48.5 Å². The second-order valence-electron chi connectivity index (χ2n) is 7.04. The van der Waals surface area contributed by atoms with Gasteiger partial charge in [-0.3, -0.25) is 0 Å². The van der Waals surface area contributed by atoms with Gasteiger partial charge in [0.25, 0.3) is 0 Å². The molecule has 1 unspecified atom stereocenters. The molecule has 22 heavy (non-hydrogen) atoms. The average molecular weight is 433 g/mol. The molecule has 0 N–H and O–H groups in total. The standard InChI is InChI=1S/C18H26Cl2Si.Zr/c1-9(2)18(7)13(6)16(12(5)17(18)20)21-15-10(3)8-14(19)11(15)4;/h9H,8,21H2,1-7H3;. The van der Waals surface area contributed by atoms with Crippen LogP contribution in [-0.4, -0.2) is 9.52 Å². The third-order valence-corrected chi connectivity index (χ3v) is 9.77. The molecule has 4 heteroatoms. The monoisotopic (exact) mass is 430 g/mol. The van der Waals surface area contributed by atoms with Crippen molar-refractivity contribution in [1.82, 2.24) is 0 Å². The van der Waals surface area contributed by atoms with Gasteiger partial charge in [0.15, 0.2) is 0 Å². The van der Waals surface area contributed by atoms with Crippen LogP contribution >= 0.6 is 23.2 Å². The molecule has 0 aromatic carbocycles. The van der Waals surface area contributed by atoms with Crippen LogP contribution in [0.2, 0.25) is 0 Å². The molecule has 0 aromatic rings. The average Bonchev–Trinajstić information content (AvgIpc) is 2.74. The molecular formula is C18H26Cl2SiZr. The predicted molar refractivity (Wildman–Crippen MR) is 98.6 cm³/mol. The van der Waals surface area contributed by atoms with Crippen molar-refractivity contribution < 1.29 is 26.2 Å². The van der Waals surface area contributed by atoms with E-state index in [1.54, 1.807) is 10.4 Å². The molecule has 0 bridgehead atoms. The van der Waals surface area contributed by atoms with Crippen LogP contribution < -0.4 is 0 Å². The van der Waals surface area contributed by atoms with Gasteiger partial charge < -0.3 is 0 Å². The quantitative estimate of drug-likeness (QED) is 0.494. The van der Waals surface area contributed by atoms with Gasteiger partial charge in [-0.2, -0.15) is 0 Å². The molecule has 0 aromatic heterocycles. The van der Waals surface area contributed by atoms with Crippen LogP contribution in [-0.2, 0) is 26.2 Å². The number of allylic oxidation sites excluding steroid dienone is 8. The van der Waals surface area contributed by atoms with Crippen molar-refractivity contribution in [1.29, 1.82) is 0 Å². The fraction of sp³-hybridized carbons (Fsp3) is 0.556. The second-order valence-corrected chi connectivity index (χ2v) is 9.64. The Morgan fingerprint density at radius 1 is 1.00 bits per heavy atom. The van der Waals surface area contributed by atoms with Crippen molar-refractivity contribution in [2.45, 2.75) is 54.9 Å². The second kappa shape index (κ2) is 7.26. The van der Waals surface area contributed by atoms with Crippen molar-refractivity contribution in [3.8, 4) is 0 Å². The fourth-order valence-electron chi connectivity index (χ4n) is 3.65. The van der Waals surface area contributed by atoms with Gasteiger partial charge in [-0.05, 0) is 44.8 Å². The number of rotatable bonds is 3. The maximum absolute atomic E-state index is 6.75. The first-order valence-corrected chi connectivity index (χ1v) is 9.91. The molecule has 2 aliphatic rings. The van der Waals surface area contributed by atoms with E-state index in [0.29, 0.717) is 5.92 Å². The molecule has 0 fully saturated rings. The first-order valence-electron chi connectivity index (χ1n) is 7.74. The summed E-state index contributed by atoms with van der Waals surface area (Å²) in [5, 5.41) is 5.19. The molecule has 0 heterocycles. The van der Waals surface area contributed by atoms with E-state index in [1.807, 2.05) is 0 Å². The Labute approximate surface area is 167 Å². The molecule has 0 nitrogen and oxygen atoms in total. The van der Waals surface area contributed by atoms with Crippen molar-refractivity contribution in [2.75, 3.05) is 0 Å². The van der Waals surface area contributed by atoms with E-state index >= 15 is 0 Å². The first kappa shape index (κ1) is 20.7. The Morgan fingerprint density at radius 3 is 1.91 bits per heavy atom. The summed E-state index contributed by atoms with van der Waals surface area (Å²) in [6.07, 6.45) is 0.944. The summed E-state index contributed by atoms with van der Waals surface area (Å²) in [5.41, 5.74) is 5.62. The van der Waals surface area contributed by atoms with Gasteiger partial charge in [0, 0.05) is 48.1 Å². The molecular weight excluding hydrogens is 406 g/mol. The maximum Gasteiger partial charge on any atom is 0.0882 e. The van der Waals surface area contributed by atoms with Crippen LogP contribution in [0.5, 0.6) is 0 Å². The molecule has 0 saturated carbocycles. The minimum Gasteiger partial charge on any atom is -0.0885 e. The van der Waals surface area contributed by atoms with Crippen LogP contribution in [0, 0.1) is 11.3 Å². The van der Waals surface area contributed by atoms with E-state index in [0.717, 1.165) is 16.5 Å². The number of halogens is 2. The zero-order chi connectivity index (χ0) is 16.1. The number of hydrogen-bond donors (Lipinski definition) is 0. The van der Waals surface area contributed by atoms with E-state index < -0.39 is 9.52 Å². The number of hydrogen-bond acceptors (Lipinski definition) is 0. The van der Waals surface area contributed by atoms with Crippen molar-refractivity contribution >= 4 is 32.7 Å². The normalized spacial score (nSPS) is 26.5. The van der Waals surface area contributed by atoms with Gasteiger partial charge in [-0.1, -0.05) is 65.5 Å². The summed E-state index contributed by atoms with van der Waals surface area (Å²) in [7, 11) is -0.515. The van der Waals surface area contributed by atoms with E-state index in [1.165, 1.54) is 22.3 Å². The van der Waals surface area contributed by atoms with E-state index in [-0.39, 0.29) is 31.6 Å². The van der Waals surface area contributed by atoms with Gasteiger partial charge in [-0.15, -0.1) is 0 Å². The molecule has 0 saturated heterocycles. The Hall–Kier alpha value is 0.640. The zero-order valence-electron chi connectivity index (χ0n) is 14.7. The van der Waals surface area contributed by atoms with Gasteiger partial charge >= 0.3 is 0 Å². The van der Waals surface area contributed by atoms with Crippen LogP contribution in [0.15, 0.2) is 42.7 Å². The van der Waals surface area contributed by atoms with Gasteiger partial charge in [-0.25, -0.2) is 0 Å². The van der Waals surface area contributed by atoms with Crippen molar-refractivity contribution in [2.24, 2.45) is 11.3 Å². The van der Waals surface area contributed by atoms with E-state index in [9.17, 15) is 0 Å². The van der Waals surface area contributed by atoms with Crippen molar-refractivity contribution in [3.05, 3.63) is 42.7 Å². The van der Waals surface area contributed by atoms with Gasteiger partial charge in [0.2, 0.25) is 0 Å². The molecule has 2 aliphatic carbocycles. The minimum absolute atomic E-state index is 0. The molecule has 120 valence electrons. The Morgan fingerprint density at radius 2 is 1.55 bits per heavy atom. The fourth-order valence-corrected chi connectivity index (χ4v) is 6.99. The molecule has 0 radical (unpaired) electrons. The smallest absolute Gasteiger partial charge is 0.0882 e. The predicted octanol–water partition coefficient (Wildman–Crippen LogP) is 5.81. The Bertz CT molecular complexity index is 623. The molecule has 0 amide bonds. The van der Waals surface area contributed by atoms with Gasteiger partial charge in [0.05, 0.1) is 9.52 Å². The molecule has 1 atom stereocenters. The third kappa shape index (κ3) is 3.10. The first-order chi connectivity index (χ1) is 9.62. The largest absolute Gasteiger partial charge is 0.0885 e. The van der Waals surface area contributed by atoms with Crippen LogP contribution in [0.25, 0.3) is 0 Å². The maximum atomic E-state index is 6.75. The van der Waals surface area contributed by atoms with Crippen LogP contribution in [0.1, 0.15) is 54.9 Å². The van der Waals surface area contributed by atoms with Crippen molar-refractivity contribution in [3.63, 3.8) is 0 Å². The zero-order valence-corrected chi connectivity index (χ0v) is 20.1. The summed E-state index contributed by atoms with van der Waals surface area (Å²) in [4.78, 5) is 0. The molecule has 0 spiro atoms. The Kier molecular flexibility index (Phi) is 6.82. The van der Waals surface area contributed by atoms with E-state index in [4.69, 9.17) is 23.2 Å². The Balaban J connectivity index is 0.00000242. The summed E-state index contributed by atoms with van der Waals surface area (Å²) < 4.78 is 0. The molecule has 2 rings (SSSR count). The molecule has 0 aliphatic heterocycles.